The SMILES string of the molecule is COC(=O)c1ccsc1N1CCC(Nc2nc(C)nc3c2CCCC3)C1=O. The lowest BCUT2D eigenvalue weighted by atomic mass is 9.96. The molecule has 1 amide bonds. The molecule has 8 heteroatoms. The minimum Gasteiger partial charge on any atom is -0.465 e. The lowest BCUT2D eigenvalue weighted by Gasteiger charge is -2.21. The lowest BCUT2D eigenvalue weighted by Crippen LogP contribution is -2.34. The number of nitrogens with one attached hydrogen (secondary N) is 1. The molecule has 4 rings (SSSR count). The molecular weight excluding hydrogens is 364 g/mol. The first-order valence-electron chi connectivity index (χ1n) is 9.18. The number of aromatic nitrogens is 2. The molecule has 0 saturated carbocycles. The van der Waals surface area contributed by atoms with Crippen LogP contribution in [0.25, 0.3) is 0 Å². The highest BCUT2D eigenvalue weighted by Gasteiger charge is 2.36. The molecule has 7 nitrogen and oxygen atoms in total. The highest BCUT2D eigenvalue weighted by molar-refractivity contribution is 7.14. The van der Waals surface area contributed by atoms with E-state index in [1.165, 1.54) is 18.4 Å². The number of hydrogen-bond donors (Lipinski definition) is 1. The number of anilines is 2. The average molecular weight is 386 g/mol. The second kappa shape index (κ2) is 7.26. The molecule has 1 atom stereocenters. The van der Waals surface area contributed by atoms with Crippen LogP contribution in [0.5, 0.6) is 0 Å². The fourth-order valence-electron chi connectivity index (χ4n) is 3.79. The highest BCUT2D eigenvalue weighted by Crippen LogP contribution is 2.33. The van der Waals surface area contributed by atoms with Gasteiger partial charge in [-0.2, -0.15) is 0 Å². The molecule has 1 N–H and O–H groups in total. The Balaban J connectivity index is 1.56. The minimum absolute atomic E-state index is 0.0385. The Morgan fingerprint density at radius 1 is 1.33 bits per heavy atom. The average Bonchev–Trinajstić information content (AvgIpc) is 3.28. The number of rotatable bonds is 4. The van der Waals surface area contributed by atoms with Crippen molar-refractivity contribution >= 4 is 34.0 Å². The molecule has 1 aliphatic heterocycles. The van der Waals surface area contributed by atoms with Gasteiger partial charge in [-0.05, 0) is 50.5 Å². The highest BCUT2D eigenvalue weighted by atomic mass is 32.1. The summed E-state index contributed by atoms with van der Waals surface area (Å²) >= 11 is 1.38. The normalized spacial score (nSPS) is 19.1. The van der Waals surface area contributed by atoms with E-state index in [0.29, 0.717) is 23.5 Å². The number of fused-ring (bicyclic) bond motifs is 1. The Kier molecular flexibility index (Phi) is 4.82. The monoisotopic (exact) mass is 386 g/mol. The summed E-state index contributed by atoms with van der Waals surface area (Å²) in [6.07, 6.45) is 4.84. The fourth-order valence-corrected chi connectivity index (χ4v) is 4.71. The lowest BCUT2D eigenvalue weighted by molar-refractivity contribution is -0.117. The number of carbonyl (C=O) groups is 2. The molecule has 1 aliphatic carbocycles. The van der Waals surface area contributed by atoms with E-state index in [1.54, 1.807) is 16.3 Å². The van der Waals surface area contributed by atoms with Gasteiger partial charge in [0.25, 0.3) is 0 Å². The standard InChI is InChI=1S/C19H22N4O3S/c1-11-20-14-6-4-3-5-12(14)16(21-11)22-15-7-9-23(17(15)24)18-13(8-10-27-18)19(25)26-2/h8,10,15H,3-7,9H2,1-2H3,(H,20,21,22). The van der Waals surface area contributed by atoms with Gasteiger partial charge in [-0.15, -0.1) is 11.3 Å². The van der Waals surface area contributed by atoms with Gasteiger partial charge in [0.05, 0.1) is 12.7 Å². The third-order valence-corrected chi connectivity index (χ3v) is 6.04. The Labute approximate surface area is 161 Å². The van der Waals surface area contributed by atoms with Gasteiger partial charge in [-0.1, -0.05) is 0 Å². The van der Waals surface area contributed by atoms with E-state index in [4.69, 9.17) is 4.74 Å². The van der Waals surface area contributed by atoms with Gasteiger partial charge in [0, 0.05) is 17.8 Å². The summed E-state index contributed by atoms with van der Waals surface area (Å²) in [4.78, 5) is 35.8. The molecule has 142 valence electrons. The number of hydrogen-bond acceptors (Lipinski definition) is 7. The van der Waals surface area contributed by atoms with Gasteiger partial charge in [-0.25, -0.2) is 14.8 Å². The molecule has 1 fully saturated rings. The first kappa shape index (κ1) is 17.9. The summed E-state index contributed by atoms with van der Waals surface area (Å²) < 4.78 is 4.83. The van der Waals surface area contributed by atoms with E-state index in [0.717, 1.165) is 48.6 Å². The van der Waals surface area contributed by atoms with Crippen molar-refractivity contribution in [1.29, 1.82) is 0 Å². The number of thiophene rings is 1. The number of esters is 1. The van der Waals surface area contributed by atoms with Crippen molar-refractivity contribution in [2.45, 2.75) is 45.1 Å². The van der Waals surface area contributed by atoms with Gasteiger partial charge in [0.1, 0.15) is 22.7 Å². The van der Waals surface area contributed by atoms with Crippen LogP contribution in [0.3, 0.4) is 0 Å². The molecule has 2 aliphatic rings. The van der Waals surface area contributed by atoms with Crippen LogP contribution in [0, 0.1) is 6.92 Å². The number of ether oxygens (including phenoxy) is 1. The topological polar surface area (TPSA) is 84.4 Å². The summed E-state index contributed by atoms with van der Waals surface area (Å²) in [5, 5.41) is 5.82. The van der Waals surface area contributed by atoms with Gasteiger partial charge >= 0.3 is 5.97 Å². The molecular formula is C19H22N4O3S. The van der Waals surface area contributed by atoms with Crippen LogP contribution in [0.4, 0.5) is 10.8 Å². The first-order chi connectivity index (χ1) is 13.1. The van der Waals surface area contributed by atoms with E-state index in [-0.39, 0.29) is 11.9 Å². The van der Waals surface area contributed by atoms with Gasteiger partial charge in [0.15, 0.2) is 0 Å². The van der Waals surface area contributed by atoms with Crippen LogP contribution in [-0.2, 0) is 22.4 Å². The molecule has 1 unspecified atom stereocenters. The quantitative estimate of drug-likeness (QED) is 0.814. The molecule has 0 spiro atoms. The number of nitrogens with zero attached hydrogens (tertiary/aromatic N) is 3. The summed E-state index contributed by atoms with van der Waals surface area (Å²) in [6.45, 7) is 2.45. The van der Waals surface area contributed by atoms with Crippen LogP contribution >= 0.6 is 11.3 Å². The molecule has 0 bridgehead atoms. The Morgan fingerprint density at radius 2 is 2.15 bits per heavy atom. The van der Waals surface area contributed by atoms with Crippen LogP contribution in [0.2, 0.25) is 0 Å². The summed E-state index contributed by atoms with van der Waals surface area (Å²) in [7, 11) is 1.35. The Bertz CT molecular complexity index is 895. The Morgan fingerprint density at radius 3 is 2.96 bits per heavy atom. The van der Waals surface area contributed by atoms with E-state index < -0.39 is 5.97 Å². The van der Waals surface area contributed by atoms with Crippen LogP contribution in [0.1, 0.15) is 46.7 Å². The zero-order valence-corrected chi connectivity index (χ0v) is 16.3. The zero-order valence-electron chi connectivity index (χ0n) is 15.4. The number of carbonyl (C=O) groups excluding carboxylic acids is 2. The van der Waals surface area contributed by atoms with Crippen molar-refractivity contribution in [2.75, 3.05) is 23.9 Å². The van der Waals surface area contributed by atoms with Crippen LogP contribution < -0.4 is 10.2 Å². The smallest absolute Gasteiger partial charge is 0.340 e. The van der Waals surface area contributed by atoms with Crippen LogP contribution in [-0.4, -0.2) is 41.5 Å². The molecule has 27 heavy (non-hydrogen) atoms. The Hall–Kier alpha value is -2.48. The second-order valence-corrected chi connectivity index (χ2v) is 7.75. The second-order valence-electron chi connectivity index (χ2n) is 6.86. The molecule has 2 aromatic heterocycles. The van der Waals surface area contributed by atoms with Gasteiger partial charge in [-0.3, -0.25) is 4.79 Å². The van der Waals surface area contributed by atoms with Crippen molar-refractivity contribution in [3.05, 3.63) is 34.1 Å². The fraction of sp³-hybridized carbons (Fsp3) is 0.474. The van der Waals surface area contributed by atoms with Crippen molar-refractivity contribution in [1.82, 2.24) is 9.97 Å². The molecule has 0 aromatic carbocycles. The van der Waals surface area contributed by atoms with E-state index in [9.17, 15) is 9.59 Å². The number of methoxy groups -OCH3 is 1. The summed E-state index contributed by atoms with van der Waals surface area (Å²) in [5.41, 5.74) is 2.68. The van der Waals surface area contributed by atoms with E-state index in [1.807, 2.05) is 6.92 Å². The largest absolute Gasteiger partial charge is 0.465 e. The van der Waals surface area contributed by atoms with Gasteiger partial charge in [0.2, 0.25) is 5.91 Å². The zero-order chi connectivity index (χ0) is 19.0. The summed E-state index contributed by atoms with van der Waals surface area (Å²) in [6, 6.07) is 1.35. The summed E-state index contributed by atoms with van der Waals surface area (Å²) in [5.74, 6) is 1.06. The van der Waals surface area contributed by atoms with Crippen LogP contribution in [0.15, 0.2) is 11.4 Å². The minimum atomic E-state index is -0.420. The number of amides is 1. The van der Waals surface area contributed by atoms with Crippen molar-refractivity contribution < 1.29 is 14.3 Å². The van der Waals surface area contributed by atoms with Gasteiger partial charge < -0.3 is 15.0 Å². The predicted molar refractivity (Wildman–Crippen MR) is 103 cm³/mol. The van der Waals surface area contributed by atoms with Crippen molar-refractivity contribution in [3.63, 3.8) is 0 Å². The molecule has 2 aromatic rings. The maximum atomic E-state index is 13.0. The third kappa shape index (κ3) is 3.29. The van der Waals surface area contributed by atoms with E-state index in [2.05, 4.69) is 15.3 Å². The molecule has 0 radical (unpaired) electrons. The van der Waals surface area contributed by atoms with E-state index >= 15 is 0 Å². The maximum absolute atomic E-state index is 13.0. The first-order valence-corrected chi connectivity index (χ1v) is 10.1. The maximum Gasteiger partial charge on any atom is 0.340 e. The van der Waals surface area contributed by atoms with Crippen molar-refractivity contribution in [2.24, 2.45) is 0 Å². The molecule has 3 heterocycles. The predicted octanol–water partition coefficient (Wildman–Crippen LogP) is 2.73. The number of aryl methyl sites for hydroxylation is 2. The van der Waals surface area contributed by atoms with Crippen molar-refractivity contribution in [3.8, 4) is 0 Å². The molecule has 1 saturated heterocycles. The third-order valence-electron chi connectivity index (χ3n) is 5.11.